The molecule has 0 aliphatic carbocycles. The molecule has 0 radical (unpaired) electrons. The number of aromatic nitrogens is 1. The number of halogens is 1. The van der Waals surface area contributed by atoms with Crippen molar-refractivity contribution in [2.45, 2.75) is 11.8 Å². The second-order valence-electron chi connectivity index (χ2n) is 4.41. The highest BCUT2D eigenvalue weighted by Crippen LogP contribution is 2.24. The van der Waals surface area contributed by atoms with Crippen molar-refractivity contribution in [1.82, 2.24) is 4.57 Å². The van der Waals surface area contributed by atoms with Crippen molar-refractivity contribution in [2.75, 3.05) is 4.72 Å². The van der Waals surface area contributed by atoms with Crippen molar-refractivity contribution in [3.8, 4) is 0 Å². The van der Waals surface area contributed by atoms with Gasteiger partial charge < -0.3 is 4.57 Å². The Morgan fingerprint density at radius 2 is 1.90 bits per heavy atom. The molecule has 0 fully saturated rings. The summed E-state index contributed by atoms with van der Waals surface area (Å²) in [5, 5.41) is 0.155. The summed E-state index contributed by atoms with van der Waals surface area (Å²) in [7, 11) is -2.25. The maximum Gasteiger partial charge on any atom is 0.263 e. The van der Waals surface area contributed by atoms with Gasteiger partial charge in [0.15, 0.2) is 0 Å². The average Bonchev–Trinajstić information content (AvgIpc) is 2.33. The van der Waals surface area contributed by atoms with E-state index in [-0.39, 0.29) is 15.5 Å². The second kappa shape index (κ2) is 5.30. The molecule has 5 nitrogen and oxygen atoms in total. The summed E-state index contributed by atoms with van der Waals surface area (Å²) in [6, 6.07) is 7.39. The van der Waals surface area contributed by atoms with Crippen LogP contribution in [-0.4, -0.2) is 13.0 Å². The van der Waals surface area contributed by atoms with E-state index in [2.05, 4.69) is 4.72 Å². The molecular formula is C13H13ClN2O3S. The lowest BCUT2D eigenvalue weighted by atomic mass is 10.2. The van der Waals surface area contributed by atoms with E-state index in [1.807, 2.05) is 6.92 Å². The van der Waals surface area contributed by atoms with E-state index in [1.54, 1.807) is 19.2 Å². The molecule has 1 N–H and O–H groups in total. The number of nitrogens with one attached hydrogen (secondary N) is 1. The zero-order valence-corrected chi connectivity index (χ0v) is 12.5. The van der Waals surface area contributed by atoms with Gasteiger partial charge in [0.2, 0.25) is 5.56 Å². The van der Waals surface area contributed by atoms with Gasteiger partial charge in [-0.2, -0.15) is 0 Å². The van der Waals surface area contributed by atoms with Crippen LogP contribution in [0, 0.1) is 6.92 Å². The summed E-state index contributed by atoms with van der Waals surface area (Å²) in [6.45, 7) is 1.82. The number of aryl methyl sites for hydroxylation is 2. The molecule has 7 heteroatoms. The Morgan fingerprint density at radius 3 is 2.50 bits per heavy atom. The van der Waals surface area contributed by atoms with E-state index < -0.39 is 10.0 Å². The number of pyridine rings is 1. The van der Waals surface area contributed by atoms with Crippen LogP contribution in [0.5, 0.6) is 0 Å². The third kappa shape index (κ3) is 3.02. The largest absolute Gasteiger partial charge is 0.316 e. The molecule has 2 rings (SSSR count). The minimum Gasteiger partial charge on any atom is -0.316 e. The van der Waals surface area contributed by atoms with Gasteiger partial charge in [-0.05, 0) is 30.7 Å². The van der Waals surface area contributed by atoms with E-state index in [0.717, 1.165) is 5.56 Å². The van der Waals surface area contributed by atoms with Crippen LogP contribution in [-0.2, 0) is 17.1 Å². The van der Waals surface area contributed by atoms with Gasteiger partial charge in [0.1, 0.15) is 4.90 Å². The predicted molar refractivity (Wildman–Crippen MR) is 78.7 cm³/mol. The number of benzene rings is 1. The highest BCUT2D eigenvalue weighted by Gasteiger charge is 2.18. The number of rotatable bonds is 3. The lowest BCUT2D eigenvalue weighted by molar-refractivity contribution is 0.601. The summed E-state index contributed by atoms with van der Waals surface area (Å²) in [5.41, 5.74) is 0.945. The van der Waals surface area contributed by atoms with Gasteiger partial charge in [0, 0.05) is 19.3 Å². The van der Waals surface area contributed by atoms with Crippen molar-refractivity contribution >= 4 is 27.3 Å². The zero-order chi connectivity index (χ0) is 14.9. The molecule has 1 heterocycles. The standard InChI is InChI=1S/C13H13ClN2O3S/c1-9-3-5-12(11(14)7-9)20(18,19)15-10-4-6-13(17)16(2)8-10/h3-8,15H,1-2H3. The van der Waals surface area contributed by atoms with Gasteiger partial charge in [0.25, 0.3) is 10.0 Å². The predicted octanol–water partition coefficient (Wildman–Crippen LogP) is 2.15. The minimum atomic E-state index is -3.79. The molecule has 1 aromatic carbocycles. The molecule has 0 saturated carbocycles. The Kier molecular flexibility index (Phi) is 3.87. The summed E-state index contributed by atoms with van der Waals surface area (Å²) >= 11 is 5.96. The Labute approximate surface area is 121 Å². The molecule has 0 spiro atoms. The van der Waals surface area contributed by atoms with Gasteiger partial charge in [-0.15, -0.1) is 0 Å². The Balaban J connectivity index is 2.40. The normalized spacial score (nSPS) is 11.3. The molecule has 0 unspecified atom stereocenters. The van der Waals surface area contributed by atoms with Crippen LogP contribution in [0.2, 0.25) is 5.02 Å². The van der Waals surface area contributed by atoms with Crippen molar-refractivity contribution in [2.24, 2.45) is 7.05 Å². The first kappa shape index (κ1) is 14.6. The summed E-state index contributed by atoms with van der Waals surface area (Å²) in [6.07, 6.45) is 1.40. The smallest absolute Gasteiger partial charge is 0.263 e. The lowest BCUT2D eigenvalue weighted by Gasteiger charge is -2.10. The molecule has 0 bridgehead atoms. The molecule has 20 heavy (non-hydrogen) atoms. The summed E-state index contributed by atoms with van der Waals surface area (Å²) < 4.78 is 28.2. The number of sulfonamides is 1. The van der Waals surface area contributed by atoms with Crippen molar-refractivity contribution < 1.29 is 8.42 Å². The highest BCUT2D eigenvalue weighted by atomic mass is 35.5. The van der Waals surface area contributed by atoms with Gasteiger partial charge >= 0.3 is 0 Å². The van der Waals surface area contributed by atoms with E-state index in [4.69, 9.17) is 11.6 Å². The van der Waals surface area contributed by atoms with Crippen molar-refractivity contribution in [3.63, 3.8) is 0 Å². The summed E-state index contributed by atoms with van der Waals surface area (Å²) in [4.78, 5) is 11.3. The van der Waals surface area contributed by atoms with E-state index in [0.29, 0.717) is 5.69 Å². The maximum atomic E-state index is 12.2. The SMILES string of the molecule is Cc1ccc(S(=O)(=O)Nc2ccc(=O)n(C)c2)c(Cl)c1. The van der Waals surface area contributed by atoms with Crippen LogP contribution in [0.15, 0.2) is 46.2 Å². The monoisotopic (exact) mass is 312 g/mol. The van der Waals surface area contributed by atoms with Gasteiger partial charge in [-0.25, -0.2) is 8.42 Å². The first-order valence-corrected chi connectivity index (χ1v) is 7.61. The first-order chi connectivity index (χ1) is 9.29. The van der Waals surface area contributed by atoms with Gasteiger partial charge in [-0.3, -0.25) is 9.52 Å². The van der Waals surface area contributed by atoms with Crippen molar-refractivity contribution in [3.05, 3.63) is 57.5 Å². The Bertz CT molecular complexity index is 813. The van der Waals surface area contributed by atoms with Crippen LogP contribution in [0.25, 0.3) is 0 Å². The molecule has 1 aromatic heterocycles. The zero-order valence-electron chi connectivity index (χ0n) is 10.9. The van der Waals surface area contributed by atoms with Crippen LogP contribution in [0.1, 0.15) is 5.56 Å². The average molecular weight is 313 g/mol. The molecule has 0 atom stereocenters. The third-order valence-corrected chi connectivity index (χ3v) is 4.58. The molecule has 0 aliphatic rings. The topological polar surface area (TPSA) is 68.2 Å². The number of nitrogens with zero attached hydrogens (tertiary/aromatic N) is 1. The Morgan fingerprint density at radius 1 is 1.20 bits per heavy atom. The molecule has 0 aliphatic heterocycles. The number of hydrogen-bond acceptors (Lipinski definition) is 3. The second-order valence-corrected chi connectivity index (χ2v) is 6.46. The number of hydrogen-bond donors (Lipinski definition) is 1. The maximum absolute atomic E-state index is 12.2. The highest BCUT2D eigenvalue weighted by molar-refractivity contribution is 7.92. The van der Waals surface area contributed by atoms with E-state index in [9.17, 15) is 13.2 Å². The minimum absolute atomic E-state index is 0.00128. The van der Waals surface area contributed by atoms with E-state index >= 15 is 0 Å². The van der Waals surface area contributed by atoms with Crippen LogP contribution >= 0.6 is 11.6 Å². The van der Waals surface area contributed by atoms with Crippen LogP contribution in [0.4, 0.5) is 5.69 Å². The summed E-state index contributed by atoms with van der Waals surface area (Å²) in [5.74, 6) is 0. The van der Waals surface area contributed by atoms with Crippen LogP contribution < -0.4 is 10.3 Å². The molecule has 2 aromatic rings. The van der Waals surface area contributed by atoms with Crippen LogP contribution in [0.3, 0.4) is 0 Å². The quantitative estimate of drug-likeness (QED) is 0.944. The molecule has 0 amide bonds. The van der Waals surface area contributed by atoms with Gasteiger partial charge in [-0.1, -0.05) is 17.7 Å². The lowest BCUT2D eigenvalue weighted by Crippen LogP contribution is -2.18. The fraction of sp³-hybridized carbons (Fsp3) is 0.154. The molecular weight excluding hydrogens is 300 g/mol. The third-order valence-electron chi connectivity index (χ3n) is 2.71. The molecule has 0 saturated heterocycles. The van der Waals surface area contributed by atoms with Crippen molar-refractivity contribution in [1.29, 1.82) is 0 Å². The fourth-order valence-corrected chi connectivity index (χ4v) is 3.33. The molecule has 106 valence electrons. The Hall–Kier alpha value is -1.79. The fourth-order valence-electron chi connectivity index (χ4n) is 1.69. The first-order valence-electron chi connectivity index (χ1n) is 5.75. The van der Waals surface area contributed by atoms with E-state index in [1.165, 1.54) is 29.0 Å². The number of anilines is 1. The van der Waals surface area contributed by atoms with Gasteiger partial charge in [0.05, 0.1) is 10.7 Å².